The van der Waals surface area contributed by atoms with Gasteiger partial charge >= 0.3 is 5.97 Å². The molecule has 3 nitrogen and oxygen atoms in total. The summed E-state index contributed by atoms with van der Waals surface area (Å²) >= 11 is 3.45. The molecule has 4 heteroatoms. The van der Waals surface area contributed by atoms with Crippen LogP contribution in [0.1, 0.15) is 21.5 Å². The number of fused-ring (bicyclic) bond motifs is 1. The minimum Gasteiger partial charge on any atom is -0.487 e. The van der Waals surface area contributed by atoms with Crippen molar-refractivity contribution in [2.24, 2.45) is 0 Å². The Morgan fingerprint density at radius 1 is 1.13 bits per heavy atom. The summed E-state index contributed by atoms with van der Waals surface area (Å²) in [6, 6.07) is 17.3. The Hall–Kier alpha value is -2.33. The van der Waals surface area contributed by atoms with E-state index in [0.29, 0.717) is 17.9 Å². The maximum absolute atomic E-state index is 11.7. The first-order valence-corrected chi connectivity index (χ1v) is 7.98. The van der Waals surface area contributed by atoms with Gasteiger partial charge in [-0.2, -0.15) is 0 Å². The lowest BCUT2D eigenvalue weighted by molar-refractivity contribution is 0.0691. The number of rotatable bonds is 4. The molecule has 116 valence electrons. The average Bonchev–Trinajstić information content (AvgIpc) is 2.52. The molecule has 0 radical (unpaired) electrons. The smallest absolute Gasteiger partial charge is 0.339 e. The predicted octanol–water partition coefficient (Wildman–Crippen LogP) is 5.19. The summed E-state index contributed by atoms with van der Waals surface area (Å²) in [7, 11) is 0. The molecule has 23 heavy (non-hydrogen) atoms. The van der Waals surface area contributed by atoms with Crippen LogP contribution in [0.25, 0.3) is 10.8 Å². The first kappa shape index (κ1) is 15.6. The summed E-state index contributed by atoms with van der Waals surface area (Å²) in [5.74, 6) is -0.556. The van der Waals surface area contributed by atoms with Gasteiger partial charge in [0.25, 0.3) is 0 Å². The molecule has 1 N–H and O–H groups in total. The van der Waals surface area contributed by atoms with E-state index >= 15 is 0 Å². The number of aryl methyl sites for hydroxylation is 1. The molecule has 0 spiro atoms. The monoisotopic (exact) mass is 370 g/mol. The van der Waals surface area contributed by atoms with Crippen LogP contribution >= 0.6 is 15.9 Å². The molecule has 0 saturated carbocycles. The molecule has 0 heterocycles. The Labute approximate surface area is 142 Å². The molecule has 0 amide bonds. The first-order valence-electron chi connectivity index (χ1n) is 7.19. The highest BCUT2D eigenvalue weighted by molar-refractivity contribution is 9.10. The fraction of sp³-hybridized carbons (Fsp3) is 0.105. The summed E-state index contributed by atoms with van der Waals surface area (Å²) in [6.07, 6.45) is 0. The van der Waals surface area contributed by atoms with Crippen LogP contribution in [-0.2, 0) is 6.61 Å². The number of benzene rings is 3. The molecule has 0 fully saturated rings. The summed E-state index contributed by atoms with van der Waals surface area (Å²) in [5.41, 5.74) is 1.90. The van der Waals surface area contributed by atoms with Crippen molar-refractivity contribution in [3.8, 4) is 5.75 Å². The van der Waals surface area contributed by atoms with Crippen LogP contribution in [0.4, 0.5) is 0 Å². The second kappa shape index (κ2) is 6.42. The summed E-state index contributed by atoms with van der Waals surface area (Å²) in [6.45, 7) is 2.12. The van der Waals surface area contributed by atoms with Crippen molar-refractivity contribution >= 4 is 32.7 Å². The van der Waals surface area contributed by atoms with E-state index in [0.717, 1.165) is 20.8 Å². The lowest BCUT2D eigenvalue weighted by atomic mass is 10.00. The molecular weight excluding hydrogens is 356 g/mol. The van der Waals surface area contributed by atoms with Crippen LogP contribution in [0.15, 0.2) is 59.1 Å². The molecule has 3 aromatic rings. The van der Waals surface area contributed by atoms with E-state index in [9.17, 15) is 9.90 Å². The summed E-state index contributed by atoms with van der Waals surface area (Å²) in [4.78, 5) is 11.7. The molecule has 0 saturated heterocycles. The number of carbonyl (C=O) groups is 1. The van der Waals surface area contributed by atoms with Gasteiger partial charge < -0.3 is 9.84 Å². The first-order chi connectivity index (χ1) is 11.1. The van der Waals surface area contributed by atoms with Crippen LogP contribution in [-0.4, -0.2) is 11.1 Å². The van der Waals surface area contributed by atoms with E-state index in [4.69, 9.17) is 4.74 Å². The molecule has 0 unspecified atom stereocenters. The number of hydrogen-bond acceptors (Lipinski definition) is 2. The van der Waals surface area contributed by atoms with E-state index in [1.54, 1.807) is 6.92 Å². The number of hydrogen-bond donors (Lipinski definition) is 1. The number of halogens is 1. The van der Waals surface area contributed by atoms with Gasteiger partial charge in [-0.15, -0.1) is 0 Å². The van der Waals surface area contributed by atoms with Gasteiger partial charge in [0, 0.05) is 9.86 Å². The number of carboxylic acids is 1. The zero-order chi connectivity index (χ0) is 16.4. The van der Waals surface area contributed by atoms with E-state index in [1.165, 1.54) is 0 Å². The Balaban J connectivity index is 2.11. The predicted molar refractivity (Wildman–Crippen MR) is 94.1 cm³/mol. The second-order valence-corrected chi connectivity index (χ2v) is 6.26. The van der Waals surface area contributed by atoms with Crippen LogP contribution in [0.3, 0.4) is 0 Å². The van der Waals surface area contributed by atoms with Gasteiger partial charge in [-0.05, 0) is 41.6 Å². The topological polar surface area (TPSA) is 46.5 Å². The van der Waals surface area contributed by atoms with Gasteiger partial charge in [0.2, 0.25) is 0 Å². The third-order valence-corrected chi connectivity index (χ3v) is 4.18. The number of ether oxygens (including phenoxy) is 1. The van der Waals surface area contributed by atoms with Crippen molar-refractivity contribution in [2.75, 3.05) is 0 Å². The van der Waals surface area contributed by atoms with Gasteiger partial charge in [0.1, 0.15) is 17.9 Å². The summed E-state index contributed by atoms with van der Waals surface area (Å²) in [5, 5.41) is 11.3. The highest BCUT2D eigenvalue weighted by Gasteiger charge is 2.18. The van der Waals surface area contributed by atoms with Gasteiger partial charge in [-0.25, -0.2) is 4.79 Å². The largest absolute Gasteiger partial charge is 0.487 e. The van der Waals surface area contributed by atoms with Crippen molar-refractivity contribution in [3.05, 3.63) is 75.8 Å². The van der Waals surface area contributed by atoms with Crippen LogP contribution in [0.2, 0.25) is 0 Å². The number of aromatic carboxylic acids is 1. The third-order valence-electron chi connectivity index (χ3n) is 3.69. The molecule has 0 aliphatic rings. The lowest BCUT2D eigenvalue weighted by Crippen LogP contribution is -2.06. The van der Waals surface area contributed by atoms with Crippen molar-refractivity contribution in [2.45, 2.75) is 13.5 Å². The Morgan fingerprint density at radius 2 is 1.87 bits per heavy atom. The van der Waals surface area contributed by atoms with Crippen molar-refractivity contribution in [1.82, 2.24) is 0 Å². The van der Waals surface area contributed by atoms with Gasteiger partial charge in [0.05, 0.1) is 0 Å². The van der Waals surface area contributed by atoms with Crippen molar-refractivity contribution in [1.29, 1.82) is 0 Å². The maximum atomic E-state index is 11.7. The SMILES string of the molecule is Cc1cc2cc(Br)ccc2c(OCc2ccccc2)c1C(=O)O. The second-order valence-electron chi connectivity index (χ2n) is 5.34. The minimum absolute atomic E-state index is 0.218. The fourth-order valence-electron chi connectivity index (χ4n) is 2.62. The fourth-order valence-corrected chi connectivity index (χ4v) is 3.00. The third kappa shape index (κ3) is 3.22. The van der Waals surface area contributed by atoms with Crippen LogP contribution < -0.4 is 4.74 Å². The highest BCUT2D eigenvalue weighted by atomic mass is 79.9. The van der Waals surface area contributed by atoms with E-state index in [-0.39, 0.29) is 5.56 Å². The molecule has 3 rings (SSSR count). The number of carboxylic acid groups (broad SMARTS) is 1. The average molecular weight is 371 g/mol. The van der Waals surface area contributed by atoms with Crippen LogP contribution in [0.5, 0.6) is 5.75 Å². The maximum Gasteiger partial charge on any atom is 0.339 e. The molecule has 0 aliphatic carbocycles. The van der Waals surface area contributed by atoms with Gasteiger partial charge in [-0.1, -0.05) is 52.3 Å². The van der Waals surface area contributed by atoms with E-state index < -0.39 is 5.97 Å². The Morgan fingerprint density at radius 3 is 2.57 bits per heavy atom. The van der Waals surface area contributed by atoms with Crippen molar-refractivity contribution < 1.29 is 14.6 Å². The van der Waals surface area contributed by atoms with Crippen LogP contribution in [0, 0.1) is 6.92 Å². The molecule has 3 aromatic carbocycles. The molecule has 0 aliphatic heterocycles. The van der Waals surface area contributed by atoms with E-state index in [1.807, 2.05) is 54.6 Å². The Kier molecular flexibility index (Phi) is 4.35. The zero-order valence-corrected chi connectivity index (χ0v) is 14.1. The van der Waals surface area contributed by atoms with Crippen molar-refractivity contribution in [3.63, 3.8) is 0 Å². The Bertz CT molecular complexity index is 873. The zero-order valence-electron chi connectivity index (χ0n) is 12.5. The molecule has 0 atom stereocenters. The summed E-state index contributed by atoms with van der Waals surface area (Å²) < 4.78 is 6.87. The van der Waals surface area contributed by atoms with Gasteiger partial charge in [0.15, 0.2) is 0 Å². The molecule has 0 aromatic heterocycles. The van der Waals surface area contributed by atoms with Gasteiger partial charge in [-0.3, -0.25) is 0 Å². The highest BCUT2D eigenvalue weighted by Crippen LogP contribution is 2.34. The van der Waals surface area contributed by atoms with E-state index in [2.05, 4.69) is 15.9 Å². The standard InChI is InChI=1S/C19H15BrO3/c1-12-9-14-10-15(20)7-8-16(14)18(17(12)19(21)22)23-11-13-5-3-2-4-6-13/h2-10H,11H2,1H3,(H,21,22). The molecule has 0 bridgehead atoms. The lowest BCUT2D eigenvalue weighted by Gasteiger charge is -2.15. The quantitative estimate of drug-likeness (QED) is 0.687. The minimum atomic E-state index is -0.976. The molecular formula is C19H15BrO3. The normalized spacial score (nSPS) is 10.7.